The standard InChI is InChI=1S/C16H19N3O2/c1-10-5-13(19-16(17)18-10)7-11-6-12-3-4-14(20-2)8-15(12)21-9-11/h3-5,8,11H,6-7,9H2,1-2H3,(H2,17,18,19). The number of nitrogens with zero attached hydrogens (tertiary/aromatic N) is 2. The molecule has 0 saturated carbocycles. The van der Waals surface area contributed by atoms with Gasteiger partial charge in [0.05, 0.1) is 13.7 Å². The average Bonchev–Trinajstić information content (AvgIpc) is 2.45. The van der Waals surface area contributed by atoms with Crippen LogP contribution in [0.25, 0.3) is 0 Å². The molecule has 1 aromatic carbocycles. The second-order valence-electron chi connectivity index (χ2n) is 5.42. The fraction of sp³-hybridized carbons (Fsp3) is 0.375. The molecule has 0 aliphatic carbocycles. The molecule has 2 N–H and O–H groups in total. The van der Waals surface area contributed by atoms with Crippen molar-refractivity contribution in [2.24, 2.45) is 5.92 Å². The van der Waals surface area contributed by atoms with Gasteiger partial charge in [0.1, 0.15) is 11.5 Å². The summed E-state index contributed by atoms with van der Waals surface area (Å²) in [6.07, 6.45) is 1.82. The highest BCUT2D eigenvalue weighted by molar-refractivity contribution is 5.42. The Balaban J connectivity index is 1.74. The van der Waals surface area contributed by atoms with Crippen LogP contribution in [-0.2, 0) is 12.8 Å². The fourth-order valence-corrected chi connectivity index (χ4v) is 2.73. The number of anilines is 1. The summed E-state index contributed by atoms with van der Waals surface area (Å²) in [5, 5.41) is 0. The topological polar surface area (TPSA) is 70.3 Å². The first-order chi connectivity index (χ1) is 10.1. The van der Waals surface area contributed by atoms with E-state index in [1.165, 1.54) is 5.56 Å². The van der Waals surface area contributed by atoms with Gasteiger partial charge in [0.25, 0.3) is 0 Å². The maximum absolute atomic E-state index is 5.86. The van der Waals surface area contributed by atoms with Gasteiger partial charge in [0, 0.05) is 23.4 Å². The molecule has 0 amide bonds. The molecule has 2 aromatic rings. The Hall–Kier alpha value is -2.30. The normalized spacial score (nSPS) is 17.0. The summed E-state index contributed by atoms with van der Waals surface area (Å²) < 4.78 is 11.1. The first kappa shape index (κ1) is 13.7. The smallest absolute Gasteiger partial charge is 0.220 e. The van der Waals surface area contributed by atoms with Crippen molar-refractivity contribution in [3.63, 3.8) is 0 Å². The second-order valence-corrected chi connectivity index (χ2v) is 5.42. The van der Waals surface area contributed by atoms with Crippen LogP contribution in [-0.4, -0.2) is 23.7 Å². The maximum atomic E-state index is 5.86. The van der Waals surface area contributed by atoms with Gasteiger partial charge in [-0.15, -0.1) is 0 Å². The molecule has 5 nitrogen and oxygen atoms in total. The minimum atomic E-state index is 0.340. The van der Waals surface area contributed by atoms with E-state index in [-0.39, 0.29) is 0 Å². The summed E-state index contributed by atoms with van der Waals surface area (Å²) in [4.78, 5) is 8.41. The van der Waals surface area contributed by atoms with Crippen LogP contribution >= 0.6 is 0 Å². The lowest BCUT2D eigenvalue weighted by atomic mass is 9.92. The van der Waals surface area contributed by atoms with Crippen LogP contribution in [0.5, 0.6) is 11.5 Å². The molecule has 0 saturated heterocycles. The average molecular weight is 285 g/mol. The van der Waals surface area contributed by atoms with Crippen molar-refractivity contribution in [1.82, 2.24) is 9.97 Å². The van der Waals surface area contributed by atoms with Crippen molar-refractivity contribution in [3.05, 3.63) is 41.2 Å². The summed E-state index contributed by atoms with van der Waals surface area (Å²) in [6, 6.07) is 7.97. The lowest BCUT2D eigenvalue weighted by molar-refractivity contribution is 0.219. The Morgan fingerprint density at radius 3 is 2.95 bits per heavy atom. The Kier molecular flexibility index (Phi) is 3.64. The van der Waals surface area contributed by atoms with Crippen molar-refractivity contribution >= 4 is 5.95 Å². The predicted molar refractivity (Wildman–Crippen MR) is 80.6 cm³/mol. The zero-order valence-corrected chi connectivity index (χ0v) is 12.3. The highest BCUT2D eigenvalue weighted by Gasteiger charge is 2.21. The molecule has 1 aromatic heterocycles. The van der Waals surface area contributed by atoms with Gasteiger partial charge in [-0.05, 0) is 37.5 Å². The Bertz CT molecular complexity index is 638. The van der Waals surface area contributed by atoms with Crippen molar-refractivity contribution in [2.45, 2.75) is 19.8 Å². The maximum Gasteiger partial charge on any atom is 0.220 e. The number of nitrogen functional groups attached to an aromatic ring is 1. The van der Waals surface area contributed by atoms with Gasteiger partial charge in [-0.25, -0.2) is 9.97 Å². The van der Waals surface area contributed by atoms with Crippen LogP contribution in [0.2, 0.25) is 0 Å². The summed E-state index contributed by atoms with van der Waals surface area (Å²) >= 11 is 0. The number of hydrogen-bond acceptors (Lipinski definition) is 5. The van der Waals surface area contributed by atoms with Gasteiger partial charge in [-0.2, -0.15) is 0 Å². The molecule has 3 rings (SSSR count). The number of fused-ring (bicyclic) bond motifs is 1. The number of hydrogen-bond donors (Lipinski definition) is 1. The zero-order valence-electron chi connectivity index (χ0n) is 12.3. The predicted octanol–water partition coefficient (Wildman–Crippen LogP) is 2.17. The molecule has 1 atom stereocenters. The third-order valence-electron chi connectivity index (χ3n) is 3.68. The summed E-state index contributed by atoms with van der Waals surface area (Å²) in [7, 11) is 1.66. The van der Waals surface area contributed by atoms with E-state index in [1.807, 2.05) is 25.1 Å². The lowest BCUT2D eigenvalue weighted by Crippen LogP contribution is -2.23. The van der Waals surface area contributed by atoms with Crippen molar-refractivity contribution < 1.29 is 9.47 Å². The number of ether oxygens (including phenoxy) is 2. The molecule has 110 valence electrons. The highest BCUT2D eigenvalue weighted by atomic mass is 16.5. The molecule has 21 heavy (non-hydrogen) atoms. The minimum absolute atomic E-state index is 0.340. The molecular weight excluding hydrogens is 266 g/mol. The molecule has 2 heterocycles. The largest absolute Gasteiger partial charge is 0.497 e. The molecule has 0 radical (unpaired) electrons. The molecular formula is C16H19N3O2. The van der Waals surface area contributed by atoms with Crippen LogP contribution in [0.4, 0.5) is 5.95 Å². The molecule has 1 aliphatic rings. The van der Waals surface area contributed by atoms with E-state index >= 15 is 0 Å². The van der Waals surface area contributed by atoms with Crippen LogP contribution in [0, 0.1) is 12.8 Å². The number of aromatic nitrogens is 2. The van der Waals surface area contributed by atoms with Gasteiger partial charge >= 0.3 is 0 Å². The third-order valence-corrected chi connectivity index (χ3v) is 3.68. The summed E-state index contributed by atoms with van der Waals surface area (Å²) in [5.41, 5.74) is 8.80. The second kappa shape index (κ2) is 5.60. The van der Waals surface area contributed by atoms with Gasteiger partial charge in [0.15, 0.2) is 0 Å². The van der Waals surface area contributed by atoms with Crippen LogP contribution in [0.15, 0.2) is 24.3 Å². The van der Waals surface area contributed by atoms with Gasteiger partial charge in [-0.3, -0.25) is 0 Å². The molecule has 1 unspecified atom stereocenters. The quantitative estimate of drug-likeness (QED) is 0.936. The first-order valence-corrected chi connectivity index (χ1v) is 7.04. The summed E-state index contributed by atoms with van der Waals surface area (Å²) in [5.74, 6) is 2.49. The fourth-order valence-electron chi connectivity index (χ4n) is 2.73. The van der Waals surface area contributed by atoms with Crippen molar-refractivity contribution in [2.75, 3.05) is 19.5 Å². The van der Waals surface area contributed by atoms with Crippen LogP contribution in [0.3, 0.4) is 0 Å². The monoisotopic (exact) mass is 285 g/mol. The molecule has 1 aliphatic heterocycles. The highest BCUT2D eigenvalue weighted by Crippen LogP contribution is 2.32. The van der Waals surface area contributed by atoms with Gasteiger partial charge in [-0.1, -0.05) is 6.07 Å². The Labute approximate surface area is 124 Å². The van der Waals surface area contributed by atoms with E-state index in [0.717, 1.165) is 35.7 Å². The van der Waals surface area contributed by atoms with E-state index in [9.17, 15) is 0 Å². The van der Waals surface area contributed by atoms with Crippen LogP contribution in [0.1, 0.15) is 17.0 Å². The molecule has 0 spiro atoms. The minimum Gasteiger partial charge on any atom is -0.497 e. The number of methoxy groups -OCH3 is 1. The molecule has 5 heteroatoms. The lowest BCUT2D eigenvalue weighted by Gasteiger charge is -2.25. The number of benzene rings is 1. The number of nitrogens with two attached hydrogens (primary N) is 1. The number of rotatable bonds is 3. The number of aryl methyl sites for hydroxylation is 1. The first-order valence-electron chi connectivity index (χ1n) is 7.04. The van der Waals surface area contributed by atoms with Gasteiger partial charge in [0.2, 0.25) is 5.95 Å². The van der Waals surface area contributed by atoms with Crippen LogP contribution < -0.4 is 15.2 Å². The van der Waals surface area contributed by atoms with E-state index in [1.54, 1.807) is 7.11 Å². The van der Waals surface area contributed by atoms with E-state index in [0.29, 0.717) is 18.5 Å². The SMILES string of the molecule is COc1ccc2c(c1)OCC(Cc1cc(C)nc(N)n1)C2. The molecule has 0 bridgehead atoms. The van der Waals surface area contributed by atoms with E-state index < -0.39 is 0 Å². The Morgan fingerprint density at radius 2 is 2.19 bits per heavy atom. The van der Waals surface area contributed by atoms with Gasteiger partial charge < -0.3 is 15.2 Å². The van der Waals surface area contributed by atoms with Crippen molar-refractivity contribution in [3.8, 4) is 11.5 Å². The van der Waals surface area contributed by atoms with E-state index in [4.69, 9.17) is 15.2 Å². The van der Waals surface area contributed by atoms with Crippen molar-refractivity contribution in [1.29, 1.82) is 0 Å². The van der Waals surface area contributed by atoms with E-state index in [2.05, 4.69) is 16.0 Å². The third kappa shape index (κ3) is 3.07. The summed E-state index contributed by atoms with van der Waals surface area (Å²) in [6.45, 7) is 2.61. The zero-order chi connectivity index (χ0) is 14.8. The Morgan fingerprint density at radius 1 is 1.33 bits per heavy atom. The molecule has 0 fully saturated rings.